The van der Waals surface area contributed by atoms with Crippen molar-refractivity contribution in [2.75, 3.05) is 11.6 Å². The van der Waals surface area contributed by atoms with Gasteiger partial charge in [0.1, 0.15) is 5.25 Å². The highest BCUT2D eigenvalue weighted by atomic mass is 32.2. The van der Waals surface area contributed by atoms with Crippen molar-refractivity contribution in [2.45, 2.75) is 24.5 Å². The van der Waals surface area contributed by atoms with Gasteiger partial charge >= 0.3 is 0 Å². The minimum absolute atomic E-state index is 0.0407. The van der Waals surface area contributed by atoms with Crippen LogP contribution in [-0.2, 0) is 11.2 Å². The second kappa shape index (κ2) is 3.88. The Balaban J connectivity index is 2.21. The van der Waals surface area contributed by atoms with Crippen LogP contribution in [0.15, 0.2) is 12.1 Å². The summed E-state index contributed by atoms with van der Waals surface area (Å²) in [5, 5.41) is 2.74. The number of Topliss-reactive ketones (excluding diaryl/α,β-unsaturated/α-hetero) is 1. The number of thioether (sulfide) groups is 1. The van der Waals surface area contributed by atoms with Crippen molar-refractivity contribution >= 4 is 29.1 Å². The highest BCUT2D eigenvalue weighted by Crippen LogP contribution is 2.43. The highest BCUT2D eigenvalue weighted by molar-refractivity contribution is 7.99. The van der Waals surface area contributed by atoms with Gasteiger partial charge in [0.15, 0.2) is 5.78 Å². The average Bonchev–Trinajstić information content (AvgIpc) is 2.65. The number of ketones is 1. The predicted molar refractivity (Wildman–Crippen MR) is 68.6 cm³/mol. The van der Waals surface area contributed by atoms with E-state index in [0.717, 1.165) is 35.2 Å². The molecule has 0 aromatic heterocycles. The van der Waals surface area contributed by atoms with Crippen LogP contribution >= 0.6 is 11.8 Å². The fourth-order valence-corrected chi connectivity index (χ4v) is 3.50. The largest absolute Gasteiger partial charge is 0.325 e. The summed E-state index contributed by atoms with van der Waals surface area (Å²) in [6, 6.07) is 3.73. The lowest BCUT2D eigenvalue weighted by Gasteiger charge is -2.19. The number of hydrogen-bond acceptors (Lipinski definition) is 3. The van der Waals surface area contributed by atoms with Gasteiger partial charge in [-0.05, 0) is 36.8 Å². The normalized spacial score (nSPS) is 22.1. The number of carbonyl (C=O) groups excluding carboxylic acids is 2. The van der Waals surface area contributed by atoms with Gasteiger partial charge in [-0.2, -0.15) is 0 Å². The fraction of sp³-hybridized carbons (Fsp3) is 0.385. The van der Waals surface area contributed by atoms with E-state index in [0.29, 0.717) is 6.42 Å². The van der Waals surface area contributed by atoms with Crippen LogP contribution in [0.2, 0.25) is 0 Å². The molecule has 1 aromatic carbocycles. The van der Waals surface area contributed by atoms with E-state index in [1.54, 1.807) is 0 Å². The maximum atomic E-state index is 11.8. The van der Waals surface area contributed by atoms with E-state index >= 15 is 0 Å². The molecule has 1 N–H and O–H groups in total. The molecule has 1 atom stereocenters. The molecule has 3 rings (SSSR count). The topological polar surface area (TPSA) is 46.2 Å². The van der Waals surface area contributed by atoms with Gasteiger partial charge in [0.2, 0.25) is 5.91 Å². The molecule has 1 heterocycles. The van der Waals surface area contributed by atoms with Crippen molar-refractivity contribution in [3.63, 3.8) is 0 Å². The van der Waals surface area contributed by atoms with Crippen molar-refractivity contribution in [3.8, 4) is 0 Å². The van der Waals surface area contributed by atoms with E-state index in [-0.39, 0.29) is 16.9 Å². The molecule has 3 nitrogen and oxygen atoms in total. The molecule has 1 unspecified atom stereocenters. The first-order valence-corrected chi connectivity index (χ1v) is 7.04. The molecule has 1 aromatic rings. The van der Waals surface area contributed by atoms with Crippen molar-refractivity contribution in [3.05, 3.63) is 28.8 Å². The highest BCUT2D eigenvalue weighted by Gasteiger charge is 2.34. The Bertz CT molecular complexity index is 524. The first-order chi connectivity index (χ1) is 8.22. The van der Waals surface area contributed by atoms with Gasteiger partial charge in [0.25, 0.3) is 0 Å². The molecule has 17 heavy (non-hydrogen) atoms. The fourth-order valence-electron chi connectivity index (χ4n) is 2.72. The first-order valence-electron chi connectivity index (χ1n) is 5.75. The molecule has 0 spiro atoms. The third-order valence-electron chi connectivity index (χ3n) is 3.48. The number of anilines is 1. The number of fused-ring (bicyclic) bond motifs is 3. The van der Waals surface area contributed by atoms with Crippen LogP contribution in [0.3, 0.4) is 0 Å². The molecule has 4 heteroatoms. The van der Waals surface area contributed by atoms with Crippen molar-refractivity contribution in [2.24, 2.45) is 0 Å². The van der Waals surface area contributed by atoms with Crippen LogP contribution in [0.5, 0.6) is 0 Å². The van der Waals surface area contributed by atoms with Gasteiger partial charge in [0.05, 0.1) is 0 Å². The Morgan fingerprint density at radius 1 is 1.29 bits per heavy atom. The zero-order chi connectivity index (χ0) is 12.0. The molecule has 0 radical (unpaired) electrons. The lowest BCUT2D eigenvalue weighted by Crippen LogP contribution is -2.14. The zero-order valence-corrected chi connectivity index (χ0v) is 10.4. The number of benzene rings is 1. The number of nitrogens with one attached hydrogen (secondary N) is 1. The van der Waals surface area contributed by atoms with E-state index in [4.69, 9.17) is 0 Å². The summed E-state index contributed by atoms with van der Waals surface area (Å²) in [6.07, 6.45) is 4.38. The van der Waals surface area contributed by atoms with Crippen LogP contribution in [-0.4, -0.2) is 17.9 Å². The molecule has 88 valence electrons. The maximum Gasteiger partial charge on any atom is 0.242 e. The Labute approximate surface area is 104 Å². The predicted octanol–water partition coefficient (Wildman–Crippen LogP) is 2.56. The van der Waals surface area contributed by atoms with Gasteiger partial charge in [-0.25, -0.2) is 0 Å². The zero-order valence-electron chi connectivity index (χ0n) is 9.58. The van der Waals surface area contributed by atoms with E-state index in [1.165, 1.54) is 11.8 Å². The average molecular weight is 247 g/mol. The van der Waals surface area contributed by atoms with Gasteiger partial charge in [-0.15, -0.1) is 11.8 Å². The van der Waals surface area contributed by atoms with Gasteiger partial charge in [-0.1, -0.05) is 0 Å². The summed E-state index contributed by atoms with van der Waals surface area (Å²) in [5.74, 6) is 0.257. The van der Waals surface area contributed by atoms with Crippen LogP contribution in [0.4, 0.5) is 5.69 Å². The van der Waals surface area contributed by atoms with Gasteiger partial charge < -0.3 is 5.32 Å². The summed E-state index contributed by atoms with van der Waals surface area (Å²) in [5.41, 5.74) is 3.86. The molecule has 0 saturated heterocycles. The van der Waals surface area contributed by atoms with Crippen LogP contribution in [0.1, 0.15) is 39.6 Å². The molecule has 0 bridgehead atoms. The lowest BCUT2D eigenvalue weighted by molar-refractivity contribution is -0.115. The summed E-state index contributed by atoms with van der Waals surface area (Å²) < 4.78 is 0. The smallest absolute Gasteiger partial charge is 0.242 e. The summed E-state index contributed by atoms with van der Waals surface area (Å²) in [4.78, 5) is 23.7. The molecule has 1 aliphatic carbocycles. The molecular weight excluding hydrogens is 234 g/mol. The quantitative estimate of drug-likeness (QED) is 0.829. The van der Waals surface area contributed by atoms with Crippen LogP contribution in [0, 0.1) is 0 Å². The number of amides is 1. The monoisotopic (exact) mass is 247 g/mol. The molecular formula is C13H13NO2S. The number of hydrogen-bond donors (Lipinski definition) is 1. The van der Waals surface area contributed by atoms with E-state index in [2.05, 4.69) is 5.32 Å². The second-order valence-corrected chi connectivity index (χ2v) is 5.38. The van der Waals surface area contributed by atoms with Crippen LogP contribution < -0.4 is 5.32 Å². The Morgan fingerprint density at radius 2 is 2.12 bits per heavy atom. The summed E-state index contributed by atoms with van der Waals surface area (Å²) in [7, 11) is 0. The Hall–Kier alpha value is -1.29. The van der Waals surface area contributed by atoms with Crippen LogP contribution in [0.25, 0.3) is 0 Å². The number of rotatable bonds is 1. The third kappa shape index (κ3) is 1.51. The number of carbonyl (C=O) groups is 2. The lowest BCUT2D eigenvalue weighted by atomic mass is 9.86. The molecule has 0 saturated carbocycles. The molecule has 1 aliphatic heterocycles. The van der Waals surface area contributed by atoms with Crippen molar-refractivity contribution < 1.29 is 9.59 Å². The Morgan fingerprint density at radius 3 is 2.88 bits per heavy atom. The third-order valence-corrected chi connectivity index (χ3v) is 4.40. The minimum Gasteiger partial charge on any atom is -0.325 e. The Kier molecular flexibility index (Phi) is 2.47. The van der Waals surface area contributed by atoms with Crippen molar-refractivity contribution in [1.29, 1.82) is 0 Å². The summed E-state index contributed by atoms with van der Waals surface area (Å²) in [6.45, 7) is 0. The molecule has 0 fully saturated rings. The second-order valence-electron chi connectivity index (χ2n) is 4.43. The maximum absolute atomic E-state index is 11.8. The summed E-state index contributed by atoms with van der Waals surface area (Å²) >= 11 is 1.53. The minimum atomic E-state index is -0.147. The van der Waals surface area contributed by atoms with Gasteiger partial charge in [0, 0.05) is 23.2 Å². The SMILES string of the molecule is CSC1C(=O)Nc2ccc3c(c21)CCCC3=O. The molecule has 2 aliphatic rings. The first kappa shape index (κ1) is 10.8. The van der Waals surface area contributed by atoms with Gasteiger partial charge in [-0.3, -0.25) is 9.59 Å². The standard InChI is InChI=1S/C13H13NO2S/c1-17-12-11-8-3-2-4-10(15)7(8)5-6-9(11)14-13(12)16/h5-6,12H,2-4H2,1H3,(H,14,16). The van der Waals surface area contributed by atoms with E-state index < -0.39 is 0 Å². The van der Waals surface area contributed by atoms with E-state index in [9.17, 15) is 9.59 Å². The molecule has 1 amide bonds. The van der Waals surface area contributed by atoms with E-state index in [1.807, 2.05) is 18.4 Å². The van der Waals surface area contributed by atoms with Crippen molar-refractivity contribution in [1.82, 2.24) is 0 Å².